The first-order valence-corrected chi connectivity index (χ1v) is 9.07. The molecule has 1 unspecified atom stereocenters. The summed E-state index contributed by atoms with van der Waals surface area (Å²) in [5.41, 5.74) is 0. The number of hydrogen-bond donors (Lipinski definition) is 0. The van der Waals surface area contributed by atoms with Crippen molar-refractivity contribution in [2.75, 3.05) is 19.6 Å². The number of carbonyl (C=O) groups is 1. The summed E-state index contributed by atoms with van der Waals surface area (Å²) in [5.74, 6) is 0.506. The van der Waals surface area contributed by atoms with Gasteiger partial charge in [0.1, 0.15) is 18.1 Å². The van der Waals surface area contributed by atoms with Crippen LogP contribution in [-0.2, 0) is 11.3 Å². The van der Waals surface area contributed by atoms with Crippen molar-refractivity contribution in [3.8, 4) is 0 Å². The lowest BCUT2D eigenvalue weighted by Gasteiger charge is -2.31. The second kappa shape index (κ2) is 8.65. The zero-order valence-electron chi connectivity index (χ0n) is 15.0. The van der Waals surface area contributed by atoms with Gasteiger partial charge in [-0.05, 0) is 43.7 Å². The lowest BCUT2D eigenvalue weighted by atomic mass is 10.1. The van der Waals surface area contributed by atoms with Gasteiger partial charge in [0.15, 0.2) is 0 Å². The van der Waals surface area contributed by atoms with Crippen LogP contribution in [-0.4, -0.2) is 41.5 Å². The van der Waals surface area contributed by atoms with Gasteiger partial charge in [-0.25, -0.2) is 0 Å². The van der Waals surface area contributed by atoms with Crippen LogP contribution in [0.2, 0.25) is 0 Å². The first-order valence-electron chi connectivity index (χ1n) is 9.07. The van der Waals surface area contributed by atoms with Crippen LogP contribution in [0.1, 0.15) is 43.2 Å². The molecule has 8 heteroatoms. The Bertz CT molecular complexity index is 698. The fraction of sp³-hybridized carbons (Fsp3) is 0.526. The highest BCUT2D eigenvalue weighted by Gasteiger charge is 2.35. The van der Waals surface area contributed by atoms with Crippen molar-refractivity contribution in [2.24, 2.45) is 0 Å². The Kier molecular flexibility index (Phi) is 6.26. The predicted molar refractivity (Wildman–Crippen MR) is 91.7 cm³/mol. The van der Waals surface area contributed by atoms with Gasteiger partial charge >= 0.3 is 6.18 Å². The van der Waals surface area contributed by atoms with E-state index in [2.05, 4.69) is 0 Å². The van der Waals surface area contributed by atoms with E-state index in [0.717, 1.165) is 36.3 Å². The van der Waals surface area contributed by atoms with Crippen molar-refractivity contribution in [3.63, 3.8) is 0 Å². The number of alkyl halides is 3. The smallest absolute Gasteiger partial charge is 0.406 e. The standard InChI is InChI=1S/C19H23F3N2O3/c20-19(21,22)14-24(12-15-6-4-10-26-15)18(25)13-23-9-3-1-2-7-16(23)17-8-5-11-27-17/h4-6,8,10-11,16H,1-3,7,9,12-14H2. The number of nitrogens with zero attached hydrogens (tertiary/aromatic N) is 2. The molecule has 0 aromatic carbocycles. The molecule has 0 bridgehead atoms. The maximum absolute atomic E-state index is 13.0. The third-order valence-electron chi connectivity index (χ3n) is 4.72. The maximum atomic E-state index is 13.0. The third kappa shape index (κ3) is 5.63. The van der Waals surface area contributed by atoms with E-state index in [-0.39, 0.29) is 19.1 Å². The molecule has 1 aliphatic heterocycles. The summed E-state index contributed by atoms with van der Waals surface area (Å²) in [7, 11) is 0. The number of carbonyl (C=O) groups excluding carboxylic acids is 1. The van der Waals surface area contributed by atoms with Crippen LogP contribution in [0, 0.1) is 0 Å². The molecule has 1 saturated heterocycles. The minimum Gasteiger partial charge on any atom is -0.468 e. The van der Waals surface area contributed by atoms with Gasteiger partial charge in [0.2, 0.25) is 5.91 Å². The summed E-state index contributed by atoms with van der Waals surface area (Å²) < 4.78 is 49.6. The molecule has 2 aromatic rings. The largest absolute Gasteiger partial charge is 0.468 e. The summed E-state index contributed by atoms with van der Waals surface area (Å²) in [5, 5.41) is 0. The van der Waals surface area contributed by atoms with Gasteiger partial charge in [-0.15, -0.1) is 0 Å². The average molecular weight is 384 g/mol. The number of rotatable bonds is 6. The zero-order valence-corrected chi connectivity index (χ0v) is 15.0. The molecule has 148 valence electrons. The predicted octanol–water partition coefficient (Wildman–Crippen LogP) is 4.38. The number of furan rings is 2. The molecule has 0 radical (unpaired) electrons. The van der Waals surface area contributed by atoms with E-state index >= 15 is 0 Å². The molecule has 1 atom stereocenters. The van der Waals surface area contributed by atoms with E-state index < -0.39 is 18.6 Å². The van der Waals surface area contributed by atoms with E-state index in [1.54, 1.807) is 24.5 Å². The topological polar surface area (TPSA) is 49.8 Å². The van der Waals surface area contributed by atoms with Gasteiger partial charge in [0.05, 0.1) is 31.7 Å². The summed E-state index contributed by atoms with van der Waals surface area (Å²) >= 11 is 0. The molecule has 3 rings (SSSR count). The van der Waals surface area contributed by atoms with Crippen molar-refractivity contribution in [3.05, 3.63) is 48.3 Å². The highest BCUT2D eigenvalue weighted by Crippen LogP contribution is 2.30. The van der Waals surface area contributed by atoms with E-state index in [0.29, 0.717) is 12.3 Å². The molecule has 1 amide bonds. The minimum absolute atomic E-state index is 0.0812. The Morgan fingerprint density at radius 3 is 2.59 bits per heavy atom. The second-order valence-electron chi connectivity index (χ2n) is 6.80. The van der Waals surface area contributed by atoms with Crippen LogP contribution in [0.5, 0.6) is 0 Å². The van der Waals surface area contributed by atoms with Crippen LogP contribution in [0.15, 0.2) is 45.6 Å². The van der Waals surface area contributed by atoms with Crippen LogP contribution < -0.4 is 0 Å². The maximum Gasteiger partial charge on any atom is 0.406 e. The van der Waals surface area contributed by atoms with Crippen molar-refractivity contribution in [2.45, 2.75) is 44.4 Å². The molecule has 0 aliphatic carbocycles. The van der Waals surface area contributed by atoms with Gasteiger partial charge in [0.25, 0.3) is 0 Å². The first kappa shape index (κ1) is 19.5. The fourth-order valence-corrected chi connectivity index (χ4v) is 3.47. The number of likely N-dealkylation sites (tertiary alicyclic amines) is 1. The Balaban J connectivity index is 1.73. The van der Waals surface area contributed by atoms with Crippen molar-refractivity contribution in [1.82, 2.24) is 9.80 Å². The van der Waals surface area contributed by atoms with E-state index in [4.69, 9.17) is 8.83 Å². The monoisotopic (exact) mass is 384 g/mol. The van der Waals surface area contributed by atoms with Gasteiger partial charge in [-0.1, -0.05) is 12.8 Å². The summed E-state index contributed by atoms with van der Waals surface area (Å²) in [4.78, 5) is 15.5. The molecule has 3 heterocycles. The highest BCUT2D eigenvalue weighted by atomic mass is 19.4. The summed E-state index contributed by atoms with van der Waals surface area (Å²) in [6.45, 7) is -0.934. The molecule has 0 saturated carbocycles. The van der Waals surface area contributed by atoms with E-state index in [9.17, 15) is 18.0 Å². The minimum atomic E-state index is -4.47. The average Bonchev–Trinajstić information content (AvgIpc) is 3.25. The third-order valence-corrected chi connectivity index (χ3v) is 4.72. The number of hydrogen-bond acceptors (Lipinski definition) is 4. The Labute approximate surface area is 155 Å². The van der Waals surface area contributed by atoms with Crippen LogP contribution >= 0.6 is 0 Å². The Hall–Kier alpha value is -2.22. The second-order valence-corrected chi connectivity index (χ2v) is 6.80. The lowest BCUT2D eigenvalue weighted by molar-refractivity contribution is -0.163. The quantitative estimate of drug-likeness (QED) is 0.742. The number of amides is 1. The molecular formula is C19H23F3N2O3. The van der Waals surface area contributed by atoms with Crippen LogP contribution in [0.3, 0.4) is 0 Å². The molecule has 1 aliphatic rings. The number of halogens is 3. The molecule has 1 fully saturated rings. The van der Waals surface area contributed by atoms with Gasteiger partial charge < -0.3 is 13.7 Å². The van der Waals surface area contributed by atoms with Crippen LogP contribution in [0.4, 0.5) is 13.2 Å². The van der Waals surface area contributed by atoms with Crippen molar-refractivity contribution in [1.29, 1.82) is 0 Å². The van der Waals surface area contributed by atoms with E-state index in [1.807, 2.05) is 11.0 Å². The van der Waals surface area contributed by atoms with Crippen molar-refractivity contribution < 1.29 is 26.8 Å². The summed E-state index contributed by atoms with van der Waals surface area (Å²) in [6, 6.07) is 6.70. The molecular weight excluding hydrogens is 361 g/mol. The van der Waals surface area contributed by atoms with Gasteiger partial charge in [0, 0.05) is 0 Å². The fourth-order valence-electron chi connectivity index (χ4n) is 3.47. The zero-order chi connectivity index (χ0) is 19.3. The molecule has 2 aromatic heterocycles. The Morgan fingerprint density at radius 2 is 1.93 bits per heavy atom. The van der Waals surface area contributed by atoms with Crippen molar-refractivity contribution >= 4 is 5.91 Å². The van der Waals surface area contributed by atoms with E-state index in [1.165, 1.54) is 6.26 Å². The van der Waals surface area contributed by atoms with Crippen LogP contribution in [0.25, 0.3) is 0 Å². The van der Waals surface area contributed by atoms with Gasteiger partial charge in [-0.2, -0.15) is 13.2 Å². The molecule has 5 nitrogen and oxygen atoms in total. The first-order chi connectivity index (χ1) is 12.9. The highest BCUT2D eigenvalue weighted by molar-refractivity contribution is 5.78. The summed E-state index contributed by atoms with van der Waals surface area (Å²) in [6.07, 6.45) is 2.23. The lowest BCUT2D eigenvalue weighted by Crippen LogP contribution is -2.45. The SMILES string of the molecule is O=C(CN1CCCCCC1c1ccco1)N(Cc1ccco1)CC(F)(F)F. The molecule has 0 N–H and O–H groups in total. The normalized spacial score (nSPS) is 19.0. The Morgan fingerprint density at radius 1 is 1.15 bits per heavy atom. The van der Waals surface area contributed by atoms with Gasteiger partial charge in [-0.3, -0.25) is 9.69 Å². The molecule has 27 heavy (non-hydrogen) atoms. The molecule has 0 spiro atoms.